The zero-order chi connectivity index (χ0) is 12.7. The predicted octanol–water partition coefficient (Wildman–Crippen LogP) is 1.62. The number of carboxylic acid groups (broad SMARTS) is 1. The van der Waals surface area contributed by atoms with Crippen molar-refractivity contribution in [3.05, 3.63) is 30.0 Å². The zero-order valence-corrected chi connectivity index (χ0v) is 8.91. The fourth-order valence-electron chi connectivity index (χ4n) is 1.77. The van der Waals surface area contributed by atoms with E-state index in [4.69, 9.17) is 5.11 Å². The van der Waals surface area contributed by atoms with E-state index in [-0.39, 0.29) is 17.1 Å². The van der Waals surface area contributed by atoms with Gasteiger partial charge in [0.05, 0.1) is 5.69 Å². The molecule has 0 spiro atoms. The molecule has 2 aromatic heterocycles. The Kier molecular flexibility index (Phi) is 2.06. The number of carbonyl (C=O) groups is 1. The lowest BCUT2D eigenvalue weighted by Gasteiger charge is -1.91. The van der Waals surface area contributed by atoms with Gasteiger partial charge >= 0.3 is 5.97 Å². The Morgan fingerprint density at radius 2 is 2.17 bits per heavy atom. The van der Waals surface area contributed by atoms with Gasteiger partial charge in [-0.05, 0) is 28.5 Å². The van der Waals surface area contributed by atoms with E-state index in [1.54, 1.807) is 24.3 Å². The lowest BCUT2D eigenvalue weighted by molar-refractivity contribution is 0.0685. The summed E-state index contributed by atoms with van der Waals surface area (Å²) >= 11 is 0. The van der Waals surface area contributed by atoms with Gasteiger partial charge in [-0.25, -0.2) is 9.42 Å². The van der Waals surface area contributed by atoms with Gasteiger partial charge in [0.2, 0.25) is 5.69 Å². The molecule has 7 nitrogen and oxygen atoms in total. The van der Waals surface area contributed by atoms with Crippen molar-refractivity contribution in [1.82, 2.24) is 15.3 Å². The standard InChI is InChI=1S/C11H7N3O4/c15-8-3-1-2-6-5(8)4-7(12-6)9-10(11(16)17)14-18-13-9/h1-4,12,15H,(H,16,17). The highest BCUT2D eigenvalue weighted by atomic mass is 16.6. The van der Waals surface area contributed by atoms with E-state index in [2.05, 4.69) is 19.9 Å². The molecule has 0 aliphatic rings. The number of nitrogens with one attached hydrogen (secondary N) is 1. The lowest BCUT2D eigenvalue weighted by atomic mass is 10.2. The first-order valence-electron chi connectivity index (χ1n) is 5.04. The van der Waals surface area contributed by atoms with Crippen LogP contribution in [0.1, 0.15) is 10.5 Å². The van der Waals surface area contributed by atoms with E-state index >= 15 is 0 Å². The van der Waals surface area contributed by atoms with Gasteiger partial charge in [0.1, 0.15) is 5.75 Å². The summed E-state index contributed by atoms with van der Waals surface area (Å²) in [5, 5.41) is 26.0. The number of nitrogens with zero attached hydrogens (tertiary/aromatic N) is 2. The summed E-state index contributed by atoms with van der Waals surface area (Å²) < 4.78 is 4.42. The van der Waals surface area contributed by atoms with Gasteiger partial charge in [-0.1, -0.05) is 6.07 Å². The van der Waals surface area contributed by atoms with Crippen LogP contribution in [-0.2, 0) is 0 Å². The first-order valence-corrected chi connectivity index (χ1v) is 5.04. The summed E-state index contributed by atoms with van der Waals surface area (Å²) in [7, 11) is 0. The minimum atomic E-state index is -1.23. The van der Waals surface area contributed by atoms with Crippen molar-refractivity contribution in [1.29, 1.82) is 0 Å². The monoisotopic (exact) mass is 245 g/mol. The normalized spacial score (nSPS) is 10.9. The maximum Gasteiger partial charge on any atom is 0.360 e. The molecule has 18 heavy (non-hydrogen) atoms. The van der Waals surface area contributed by atoms with Gasteiger partial charge in [-0.15, -0.1) is 0 Å². The Balaban J connectivity index is 2.23. The molecule has 90 valence electrons. The number of rotatable bonds is 2. The molecule has 0 atom stereocenters. The van der Waals surface area contributed by atoms with Gasteiger partial charge in [-0.2, -0.15) is 0 Å². The number of carboxylic acids is 1. The highest BCUT2D eigenvalue weighted by molar-refractivity contribution is 5.95. The van der Waals surface area contributed by atoms with Crippen molar-refractivity contribution >= 4 is 16.9 Å². The zero-order valence-electron chi connectivity index (χ0n) is 8.91. The van der Waals surface area contributed by atoms with E-state index in [1.165, 1.54) is 0 Å². The van der Waals surface area contributed by atoms with Gasteiger partial charge in [-0.3, -0.25) is 0 Å². The molecule has 0 fully saturated rings. The largest absolute Gasteiger partial charge is 0.507 e. The van der Waals surface area contributed by atoms with Crippen LogP contribution >= 0.6 is 0 Å². The third-order valence-electron chi connectivity index (χ3n) is 2.59. The van der Waals surface area contributed by atoms with Crippen molar-refractivity contribution in [3.8, 4) is 17.1 Å². The number of phenolic OH excluding ortho intramolecular Hbond substituents is 1. The number of H-pyrrole nitrogens is 1. The summed E-state index contributed by atoms with van der Waals surface area (Å²) in [6, 6.07) is 6.57. The first-order chi connectivity index (χ1) is 8.66. The van der Waals surface area contributed by atoms with E-state index in [0.29, 0.717) is 16.6 Å². The molecule has 1 aromatic carbocycles. The van der Waals surface area contributed by atoms with E-state index in [1.807, 2.05) is 0 Å². The smallest absolute Gasteiger partial charge is 0.360 e. The Hall–Kier alpha value is -2.83. The van der Waals surface area contributed by atoms with Crippen molar-refractivity contribution in [2.24, 2.45) is 0 Å². The Morgan fingerprint density at radius 1 is 1.33 bits per heavy atom. The number of aromatic carboxylic acids is 1. The van der Waals surface area contributed by atoms with Crippen LogP contribution in [0.25, 0.3) is 22.3 Å². The fraction of sp³-hybridized carbons (Fsp3) is 0. The van der Waals surface area contributed by atoms with Gasteiger partial charge in [0.25, 0.3) is 0 Å². The van der Waals surface area contributed by atoms with Crippen molar-refractivity contribution in [2.45, 2.75) is 0 Å². The second-order valence-corrected chi connectivity index (χ2v) is 3.69. The van der Waals surface area contributed by atoms with E-state index in [9.17, 15) is 9.90 Å². The number of aromatic nitrogens is 3. The van der Waals surface area contributed by atoms with Gasteiger partial charge in [0.15, 0.2) is 5.69 Å². The molecule has 3 N–H and O–H groups in total. The average molecular weight is 245 g/mol. The molecular weight excluding hydrogens is 238 g/mol. The number of aromatic amines is 1. The van der Waals surface area contributed by atoms with Crippen molar-refractivity contribution in [3.63, 3.8) is 0 Å². The Morgan fingerprint density at radius 3 is 2.89 bits per heavy atom. The van der Waals surface area contributed by atoms with Crippen LogP contribution in [0.3, 0.4) is 0 Å². The molecular formula is C11H7N3O4. The second-order valence-electron chi connectivity index (χ2n) is 3.69. The number of phenols is 1. The number of benzene rings is 1. The molecule has 0 bridgehead atoms. The predicted molar refractivity (Wildman–Crippen MR) is 60.2 cm³/mol. The second kappa shape index (κ2) is 3.59. The van der Waals surface area contributed by atoms with E-state index < -0.39 is 5.97 Å². The summed E-state index contributed by atoms with van der Waals surface area (Å²) in [4.78, 5) is 13.9. The van der Waals surface area contributed by atoms with Crippen LogP contribution in [0.2, 0.25) is 0 Å². The molecule has 0 unspecified atom stereocenters. The van der Waals surface area contributed by atoms with E-state index in [0.717, 1.165) is 0 Å². The minimum Gasteiger partial charge on any atom is -0.507 e. The third kappa shape index (κ3) is 1.41. The highest BCUT2D eigenvalue weighted by Gasteiger charge is 2.20. The minimum absolute atomic E-state index is 0.0955. The average Bonchev–Trinajstić information content (AvgIpc) is 2.95. The molecule has 0 saturated heterocycles. The number of aromatic hydroxyl groups is 1. The molecule has 0 saturated carbocycles. The first kappa shape index (κ1) is 10.3. The van der Waals surface area contributed by atoms with Crippen LogP contribution in [0.15, 0.2) is 28.9 Å². The summed E-state index contributed by atoms with van der Waals surface area (Å²) in [5.41, 5.74) is 0.911. The Labute approximate surface area is 99.6 Å². The number of hydrogen-bond acceptors (Lipinski definition) is 5. The molecule has 3 rings (SSSR count). The lowest BCUT2D eigenvalue weighted by Crippen LogP contribution is -1.99. The van der Waals surface area contributed by atoms with Gasteiger partial charge < -0.3 is 15.2 Å². The Bertz CT molecular complexity index is 744. The SMILES string of the molecule is O=C(O)c1nonc1-c1cc2c(O)cccc2[nH]1. The highest BCUT2D eigenvalue weighted by Crippen LogP contribution is 2.29. The molecule has 0 aliphatic carbocycles. The molecule has 0 amide bonds. The summed E-state index contributed by atoms with van der Waals surface area (Å²) in [5.74, 6) is -1.13. The molecule has 3 aromatic rings. The molecule has 2 heterocycles. The maximum absolute atomic E-state index is 10.9. The summed E-state index contributed by atoms with van der Waals surface area (Å²) in [6.07, 6.45) is 0. The van der Waals surface area contributed by atoms with Gasteiger partial charge in [0, 0.05) is 10.9 Å². The van der Waals surface area contributed by atoms with Crippen molar-refractivity contribution in [2.75, 3.05) is 0 Å². The maximum atomic E-state index is 10.9. The molecule has 0 aliphatic heterocycles. The number of fused-ring (bicyclic) bond motifs is 1. The topological polar surface area (TPSA) is 112 Å². The van der Waals surface area contributed by atoms with Crippen LogP contribution in [0.5, 0.6) is 5.75 Å². The van der Waals surface area contributed by atoms with Crippen LogP contribution < -0.4 is 0 Å². The quantitative estimate of drug-likeness (QED) is 0.632. The van der Waals surface area contributed by atoms with Crippen molar-refractivity contribution < 1.29 is 19.6 Å². The van der Waals surface area contributed by atoms with Crippen LogP contribution in [0.4, 0.5) is 0 Å². The molecule has 0 radical (unpaired) electrons. The number of hydrogen-bond donors (Lipinski definition) is 3. The summed E-state index contributed by atoms with van der Waals surface area (Å²) in [6.45, 7) is 0. The third-order valence-corrected chi connectivity index (χ3v) is 2.59. The fourth-order valence-corrected chi connectivity index (χ4v) is 1.77. The van der Waals surface area contributed by atoms with Crippen LogP contribution in [-0.4, -0.2) is 31.5 Å². The molecule has 7 heteroatoms. The van der Waals surface area contributed by atoms with Crippen LogP contribution in [0, 0.1) is 0 Å².